The van der Waals surface area contributed by atoms with Crippen LogP contribution in [0.25, 0.3) is 10.2 Å². The number of unbranched alkanes of at least 4 members (excludes halogenated alkanes) is 1. The molecule has 9 heteroatoms. The largest absolute Gasteiger partial charge is 0.354 e. The van der Waals surface area contributed by atoms with Gasteiger partial charge in [0.25, 0.3) is 0 Å². The fourth-order valence-corrected chi connectivity index (χ4v) is 3.59. The number of nitrogens with zero attached hydrogens (tertiary/aromatic N) is 5. The van der Waals surface area contributed by atoms with Gasteiger partial charge in [-0.2, -0.15) is 0 Å². The van der Waals surface area contributed by atoms with Crippen LogP contribution in [-0.2, 0) is 0 Å². The highest BCUT2D eigenvalue weighted by atomic mass is 32.1. The van der Waals surface area contributed by atoms with Crippen LogP contribution in [-0.4, -0.2) is 33.5 Å². The van der Waals surface area contributed by atoms with Crippen molar-refractivity contribution in [2.45, 2.75) is 26.7 Å². The van der Waals surface area contributed by atoms with Gasteiger partial charge in [-0.05, 0) is 25.0 Å². The summed E-state index contributed by atoms with van der Waals surface area (Å²) < 4.78 is 1.02. The Balaban J connectivity index is 1.98. The number of fused-ring (bicyclic) bond motifs is 1. The third kappa shape index (κ3) is 3.57. The molecule has 0 atom stereocenters. The van der Waals surface area contributed by atoms with Gasteiger partial charge in [0.15, 0.2) is 5.13 Å². The van der Waals surface area contributed by atoms with Gasteiger partial charge in [-0.15, -0.1) is 0 Å². The molecule has 8 nitrogen and oxygen atoms in total. The summed E-state index contributed by atoms with van der Waals surface area (Å²) >= 11 is 1.44. The van der Waals surface area contributed by atoms with Crippen LogP contribution in [0.1, 0.15) is 25.3 Å². The molecule has 136 valence electrons. The molecule has 0 aliphatic rings. The number of hydrogen-bond acceptors (Lipinski definition) is 8. The lowest BCUT2D eigenvalue weighted by molar-refractivity contribution is -0.383. The molecule has 3 rings (SSSR count). The molecule has 2 heterocycles. The van der Waals surface area contributed by atoms with Crippen molar-refractivity contribution < 1.29 is 4.92 Å². The molecule has 0 bridgehead atoms. The molecule has 0 aliphatic heterocycles. The minimum atomic E-state index is -0.446. The summed E-state index contributed by atoms with van der Waals surface area (Å²) in [4.78, 5) is 25.8. The second-order valence-electron chi connectivity index (χ2n) is 5.99. The summed E-state index contributed by atoms with van der Waals surface area (Å²) in [5.41, 5.74) is 1.81. The number of aromatic nitrogens is 3. The number of nitrogens with one attached hydrogen (secondary N) is 1. The van der Waals surface area contributed by atoms with Crippen molar-refractivity contribution in [1.29, 1.82) is 0 Å². The lowest BCUT2D eigenvalue weighted by Crippen LogP contribution is -2.21. The lowest BCUT2D eigenvalue weighted by atomic mass is 10.2. The maximum absolute atomic E-state index is 11.7. The average molecular weight is 372 g/mol. The molecule has 0 fully saturated rings. The summed E-state index contributed by atoms with van der Waals surface area (Å²) in [5, 5.41) is 15.3. The van der Waals surface area contributed by atoms with Crippen molar-refractivity contribution in [2.75, 3.05) is 23.8 Å². The van der Waals surface area contributed by atoms with Gasteiger partial charge in [-0.25, -0.2) is 15.0 Å². The van der Waals surface area contributed by atoms with E-state index in [0.717, 1.165) is 28.6 Å². The van der Waals surface area contributed by atoms with Crippen LogP contribution in [0.5, 0.6) is 0 Å². The van der Waals surface area contributed by atoms with Crippen molar-refractivity contribution in [3.05, 3.63) is 40.2 Å². The highest BCUT2D eigenvalue weighted by Gasteiger charge is 2.26. The Bertz CT molecular complexity index is 942. The molecule has 0 radical (unpaired) electrons. The van der Waals surface area contributed by atoms with Gasteiger partial charge in [0, 0.05) is 13.6 Å². The van der Waals surface area contributed by atoms with Gasteiger partial charge in [0.1, 0.15) is 6.33 Å². The first-order valence-corrected chi connectivity index (χ1v) is 9.16. The molecular weight excluding hydrogens is 352 g/mol. The van der Waals surface area contributed by atoms with E-state index in [0.29, 0.717) is 17.5 Å². The van der Waals surface area contributed by atoms with Crippen molar-refractivity contribution in [2.24, 2.45) is 0 Å². The molecule has 26 heavy (non-hydrogen) atoms. The standard InChI is InChI=1S/C17H20N6O2S/c1-4-5-9-22(3)16-14(23(24)25)15(18-10-19-16)21-17-20-13-11(2)7-6-8-12(13)26-17/h6-8,10H,4-5,9H2,1-3H3,(H,18,19,20,21). The Morgan fingerprint density at radius 1 is 1.35 bits per heavy atom. The highest BCUT2D eigenvalue weighted by Crippen LogP contribution is 2.35. The van der Waals surface area contributed by atoms with Crippen molar-refractivity contribution in [3.8, 4) is 0 Å². The molecule has 3 aromatic rings. The van der Waals surface area contributed by atoms with Gasteiger partial charge in [-0.3, -0.25) is 10.1 Å². The van der Waals surface area contributed by atoms with Gasteiger partial charge < -0.3 is 10.2 Å². The van der Waals surface area contributed by atoms with Crippen LogP contribution in [0.4, 0.5) is 22.5 Å². The van der Waals surface area contributed by atoms with Gasteiger partial charge >= 0.3 is 5.69 Å². The Labute approximate surface area is 155 Å². The topological polar surface area (TPSA) is 97.1 Å². The van der Waals surface area contributed by atoms with Crippen molar-refractivity contribution in [1.82, 2.24) is 15.0 Å². The predicted octanol–water partition coefficient (Wildman–Crippen LogP) is 4.28. The number of rotatable bonds is 7. The summed E-state index contributed by atoms with van der Waals surface area (Å²) in [7, 11) is 1.80. The van der Waals surface area contributed by atoms with E-state index in [1.165, 1.54) is 17.7 Å². The van der Waals surface area contributed by atoms with Crippen LogP contribution < -0.4 is 10.2 Å². The van der Waals surface area contributed by atoms with E-state index in [-0.39, 0.29) is 11.5 Å². The van der Waals surface area contributed by atoms with E-state index in [4.69, 9.17) is 0 Å². The Kier molecular flexibility index (Phi) is 5.27. The molecule has 0 amide bonds. The van der Waals surface area contributed by atoms with Crippen molar-refractivity contribution in [3.63, 3.8) is 0 Å². The van der Waals surface area contributed by atoms with E-state index in [2.05, 4.69) is 27.2 Å². The number of nitro groups is 1. The number of aryl methyl sites for hydroxylation is 1. The molecule has 2 aromatic heterocycles. The monoisotopic (exact) mass is 372 g/mol. The number of para-hydroxylation sites is 1. The molecule has 1 N–H and O–H groups in total. The average Bonchev–Trinajstić information content (AvgIpc) is 3.03. The van der Waals surface area contributed by atoms with E-state index >= 15 is 0 Å². The molecule has 0 saturated heterocycles. The Morgan fingerprint density at radius 3 is 2.85 bits per heavy atom. The Morgan fingerprint density at radius 2 is 2.15 bits per heavy atom. The smallest absolute Gasteiger partial charge is 0.353 e. The third-order valence-electron chi connectivity index (χ3n) is 4.04. The minimum Gasteiger partial charge on any atom is -0.354 e. The van der Waals surface area contributed by atoms with E-state index < -0.39 is 4.92 Å². The van der Waals surface area contributed by atoms with Gasteiger partial charge in [-0.1, -0.05) is 36.8 Å². The zero-order chi connectivity index (χ0) is 18.7. The minimum absolute atomic E-state index is 0.137. The second-order valence-corrected chi connectivity index (χ2v) is 7.02. The first-order valence-electron chi connectivity index (χ1n) is 8.35. The summed E-state index contributed by atoms with van der Waals surface area (Å²) in [5.74, 6) is 0.457. The normalized spacial score (nSPS) is 10.9. The van der Waals surface area contributed by atoms with E-state index in [9.17, 15) is 10.1 Å². The van der Waals surface area contributed by atoms with Crippen molar-refractivity contribution >= 4 is 44.0 Å². The molecule has 0 aliphatic carbocycles. The molecule has 1 aromatic carbocycles. The first kappa shape index (κ1) is 18.0. The van der Waals surface area contributed by atoms with Crippen LogP contribution in [0, 0.1) is 17.0 Å². The fraction of sp³-hybridized carbons (Fsp3) is 0.353. The maximum Gasteiger partial charge on any atom is 0.353 e. The van der Waals surface area contributed by atoms with Crippen LogP contribution in [0.15, 0.2) is 24.5 Å². The molecule has 0 unspecified atom stereocenters. The number of thiazole rings is 1. The molecular formula is C17H20N6O2S. The summed E-state index contributed by atoms with van der Waals surface area (Å²) in [6, 6.07) is 5.93. The zero-order valence-electron chi connectivity index (χ0n) is 14.9. The molecule has 0 saturated carbocycles. The zero-order valence-corrected chi connectivity index (χ0v) is 15.7. The quantitative estimate of drug-likeness (QED) is 0.488. The van der Waals surface area contributed by atoms with Gasteiger partial charge in [0.05, 0.1) is 15.1 Å². The SMILES string of the molecule is CCCCN(C)c1ncnc(Nc2nc3c(C)cccc3s2)c1[N+](=O)[O-]. The summed E-state index contributed by atoms with van der Waals surface area (Å²) in [6.45, 7) is 4.75. The number of anilines is 3. The lowest BCUT2D eigenvalue weighted by Gasteiger charge is -2.18. The first-order chi connectivity index (χ1) is 12.5. The predicted molar refractivity (Wildman–Crippen MR) is 105 cm³/mol. The number of hydrogen-bond donors (Lipinski definition) is 1. The van der Waals surface area contributed by atoms with Crippen LogP contribution in [0.2, 0.25) is 0 Å². The Hall–Kier alpha value is -2.81. The molecule has 0 spiro atoms. The van der Waals surface area contributed by atoms with E-state index in [1.807, 2.05) is 25.1 Å². The fourth-order valence-electron chi connectivity index (χ4n) is 2.65. The maximum atomic E-state index is 11.7. The van der Waals surface area contributed by atoms with Crippen LogP contribution in [0.3, 0.4) is 0 Å². The third-order valence-corrected chi connectivity index (χ3v) is 4.98. The summed E-state index contributed by atoms with van der Waals surface area (Å²) in [6.07, 6.45) is 3.27. The number of benzene rings is 1. The van der Waals surface area contributed by atoms with E-state index in [1.54, 1.807) is 11.9 Å². The van der Waals surface area contributed by atoms with Crippen LogP contribution >= 0.6 is 11.3 Å². The highest BCUT2D eigenvalue weighted by molar-refractivity contribution is 7.22. The second kappa shape index (κ2) is 7.61. The van der Waals surface area contributed by atoms with Gasteiger partial charge in [0.2, 0.25) is 11.6 Å².